The summed E-state index contributed by atoms with van der Waals surface area (Å²) >= 11 is 0. The molecule has 17 heavy (non-hydrogen) atoms. The predicted molar refractivity (Wildman–Crippen MR) is 69.7 cm³/mol. The first-order valence-corrected chi connectivity index (χ1v) is 7.17. The Bertz CT molecular complexity index is 266. The van der Waals surface area contributed by atoms with Gasteiger partial charge in [-0.2, -0.15) is 0 Å². The molecule has 2 N–H and O–H groups in total. The second-order valence-electron chi connectivity index (χ2n) is 5.96. The molecule has 0 radical (unpaired) electrons. The van der Waals surface area contributed by atoms with Gasteiger partial charge in [0.05, 0.1) is 5.41 Å². The van der Waals surface area contributed by atoms with Crippen molar-refractivity contribution in [2.24, 2.45) is 17.3 Å². The van der Waals surface area contributed by atoms with E-state index in [9.17, 15) is 4.79 Å². The summed E-state index contributed by atoms with van der Waals surface area (Å²) in [5.41, 5.74) is -0.0713. The number of carbonyl (C=O) groups excluding carboxylic acids is 1. The molecular weight excluding hydrogens is 212 g/mol. The Morgan fingerprint density at radius 2 is 2.06 bits per heavy atom. The lowest BCUT2D eigenvalue weighted by Crippen LogP contribution is -2.48. The van der Waals surface area contributed by atoms with Crippen molar-refractivity contribution in [3.8, 4) is 0 Å². The molecule has 2 unspecified atom stereocenters. The Labute approximate surface area is 105 Å². The van der Waals surface area contributed by atoms with Crippen LogP contribution in [0.5, 0.6) is 0 Å². The molecule has 98 valence electrons. The predicted octanol–water partition coefficient (Wildman–Crippen LogP) is 1.93. The van der Waals surface area contributed by atoms with E-state index in [1.807, 2.05) is 0 Å². The summed E-state index contributed by atoms with van der Waals surface area (Å²) in [5.74, 6) is 1.89. The van der Waals surface area contributed by atoms with Crippen LogP contribution in [0.25, 0.3) is 0 Å². The first-order chi connectivity index (χ1) is 8.18. The molecule has 1 saturated heterocycles. The molecule has 1 amide bonds. The van der Waals surface area contributed by atoms with Gasteiger partial charge < -0.3 is 10.6 Å². The molecule has 1 aliphatic carbocycles. The van der Waals surface area contributed by atoms with E-state index in [2.05, 4.69) is 24.5 Å². The third-order valence-corrected chi connectivity index (χ3v) is 4.57. The van der Waals surface area contributed by atoms with Crippen LogP contribution in [-0.4, -0.2) is 25.5 Å². The minimum atomic E-state index is -0.0713. The van der Waals surface area contributed by atoms with E-state index < -0.39 is 0 Å². The maximum Gasteiger partial charge on any atom is 0.226 e. The van der Waals surface area contributed by atoms with Gasteiger partial charge in [-0.15, -0.1) is 0 Å². The molecule has 1 saturated carbocycles. The Kier molecular flexibility index (Phi) is 4.08. The highest BCUT2D eigenvalue weighted by atomic mass is 16.2. The lowest BCUT2D eigenvalue weighted by atomic mass is 9.74. The zero-order valence-electron chi connectivity index (χ0n) is 11.2. The first kappa shape index (κ1) is 12.9. The van der Waals surface area contributed by atoms with E-state index in [0.717, 1.165) is 57.2 Å². The summed E-state index contributed by atoms with van der Waals surface area (Å²) in [4.78, 5) is 12.4. The fourth-order valence-corrected chi connectivity index (χ4v) is 3.07. The molecule has 0 bridgehead atoms. The minimum absolute atomic E-state index is 0.0713. The van der Waals surface area contributed by atoms with Crippen molar-refractivity contribution in [1.82, 2.24) is 10.6 Å². The third kappa shape index (κ3) is 3.01. The van der Waals surface area contributed by atoms with Gasteiger partial charge >= 0.3 is 0 Å². The van der Waals surface area contributed by atoms with Gasteiger partial charge in [0, 0.05) is 6.54 Å². The summed E-state index contributed by atoms with van der Waals surface area (Å²) in [6, 6.07) is 0. The summed E-state index contributed by atoms with van der Waals surface area (Å²) in [5, 5.41) is 6.56. The lowest BCUT2D eigenvalue weighted by Gasteiger charge is -2.36. The number of amides is 1. The second kappa shape index (κ2) is 5.38. The van der Waals surface area contributed by atoms with Crippen LogP contribution in [0.4, 0.5) is 0 Å². The topological polar surface area (TPSA) is 41.1 Å². The summed E-state index contributed by atoms with van der Waals surface area (Å²) in [6.07, 6.45) is 5.45. The molecular formula is C14H26N2O. The Morgan fingerprint density at radius 3 is 2.59 bits per heavy atom. The molecule has 3 nitrogen and oxygen atoms in total. The maximum absolute atomic E-state index is 12.4. The van der Waals surface area contributed by atoms with Gasteiger partial charge in [0.25, 0.3) is 0 Å². The van der Waals surface area contributed by atoms with Crippen molar-refractivity contribution in [2.45, 2.75) is 46.0 Å². The van der Waals surface area contributed by atoms with E-state index in [1.165, 1.54) is 6.42 Å². The fourth-order valence-electron chi connectivity index (χ4n) is 3.07. The van der Waals surface area contributed by atoms with E-state index >= 15 is 0 Å². The fraction of sp³-hybridized carbons (Fsp3) is 0.929. The van der Waals surface area contributed by atoms with Crippen LogP contribution in [0.3, 0.4) is 0 Å². The zero-order chi connectivity index (χ0) is 12.3. The minimum Gasteiger partial charge on any atom is -0.355 e. The zero-order valence-corrected chi connectivity index (χ0v) is 11.2. The molecule has 0 aromatic heterocycles. The number of rotatable bonds is 5. The lowest BCUT2D eigenvalue weighted by molar-refractivity contribution is -0.133. The molecule has 2 rings (SSSR count). The van der Waals surface area contributed by atoms with Gasteiger partial charge in [0.1, 0.15) is 0 Å². The van der Waals surface area contributed by atoms with Crippen LogP contribution >= 0.6 is 0 Å². The normalized spacial score (nSPS) is 30.9. The van der Waals surface area contributed by atoms with Crippen molar-refractivity contribution < 1.29 is 4.79 Å². The molecule has 2 atom stereocenters. The van der Waals surface area contributed by atoms with E-state index in [-0.39, 0.29) is 5.41 Å². The molecule has 1 aliphatic heterocycles. The highest BCUT2D eigenvalue weighted by molar-refractivity contribution is 5.82. The molecule has 1 heterocycles. The Balaban J connectivity index is 1.87. The molecule has 2 aliphatic rings. The quantitative estimate of drug-likeness (QED) is 0.768. The van der Waals surface area contributed by atoms with E-state index in [1.54, 1.807) is 0 Å². The van der Waals surface area contributed by atoms with Crippen molar-refractivity contribution in [3.63, 3.8) is 0 Å². The molecule has 0 spiro atoms. The maximum atomic E-state index is 12.4. The van der Waals surface area contributed by atoms with Crippen molar-refractivity contribution in [1.29, 1.82) is 0 Å². The standard InChI is InChI=1S/C14H26N2O/c1-3-4-14(5-7-15-8-6-14)13(17)16-10-12-9-11(12)2/h11-12,15H,3-10H2,1-2H3,(H,16,17). The van der Waals surface area contributed by atoms with Crippen molar-refractivity contribution >= 4 is 5.91 Å². The summed E-state index contributed by atoms with van der Waals surface area (Å²) in [7, 11) is 0. The van der Waals surface area contributed by atoms with E-state index in [4.69, 9.17) is 0 Å². The number of hydrogen-bond donors (Lipinski definition) is 2. The molecule has 3 heteroatoms. The van der Waals surface area contributed by atoms with Gasteiger partial charge in [-0.1, -0.05) is 20.3 Å². The Hall–Kier alpha value is -0.570. The average Bonchev–Trinajstić information content (AvgIpc) is 3.04. The first-order valence-electron chi connectivity index (χ1n) is 7.17. The number of piperidine rings is 1. The summed E-state index contributed by atoms with van der Waals surface area (Å²) < 4.78 is 0. The Morgan fingerprint density at radius 1 is 1.41 bits per heavy atom. The van der Waals surface area contributed by atoms with Crippen LogP contribution in [-0.2, 0) is 4.79 Å². The monoisotopic (exact) mass is 238 g/mol. The van der Waals surface area contributed by atoms with Crippen LogP contribution in [0.1, 0.15) is 46.0 Å². The van der Waals surface area contributed by atoms with Crippen LogP contribution < -0.4 is 10.6 Å². The SMILES string of the molecule is CCCC1(C(=O)NCC2CC2C)CCNCC1. The van der Waals surface area contributed by atoms with Crippen molar-refractivity contribution in [3.05, 3.63) is 0 Å². The van der Waals surface area contributed by atoms with E-state index in [0.29, 0.717) is 5.91 Å². The highest BCUT2D eigenvalue weighted by Crippen LogP contribution is 2.38. The van der Waals surface area contributed by atoms with Gasteiger partial charge in [-0.05, 0) is 50.6 Å². The van der Waals surface area contributed by atoms with Crippen molar-refractivity contribution in [2.75, 3.05) is 19.6 Å². The van der Waals surface area contributed by atoms with Gasteiger partial charge in [0.15, 0.2) is 0 Å². The number of hydrogen-bond acceptors (Lipinski definition) is 2. The van der Waals surface area contributed by atoms with Crippen LogP contribution in [0, 0.1) is 17.3 Å². The second-order valence-corrected chi connectivity index (χ2v) is 5.96. The molecule has 2 fully saturated rings. The van der Waals surface area contributed by atoms with Gasteiger partial charge in [-0.25, -0.2) is 0 Å². The van der Waals surface area contributed by atoms with Gasteiger partial charge in [-0.3, -0.25) is 4.79 Å². The molecule has 0 aromatic carbocycles. The third-order valence-electron chi connectivity index (χ3n) is 4.57. The van der Waals surface area contributed by atoms with Crippen LogP contribution in [0.2, 0.25) is 0 Å². The average molecular weight is 238 g/mol. The van der Waals surface area contributed by atoms with Gasteiger partial charge in [0.2, 0.25) is 5.91 Å². The summed E-state index contributed by atoms with van der Waals surface area (Å²) in [6.45, 7) is 7.34. The molecule has 0 aromatic rings. The smallest absolute Gasteiger partial charge is 0.226 e. The largest absolute Gasteiger partial charge is 0.355 e. The number of carbonyl (C=O) groups is 1. The van der Waals surface area contributed by atoms with Crippen LogP contribution in [0.15, 0.2) is 0 Å². The highest BCUT2D eigenvalue weighted by Gasteiger charge is 2.40. The number of nitrogens with one attached hydrogen (secondary N) is 2.